The van der Waals surface area contributed by atoms with Crippen LogP contribution in [0, 0.1) is 0 Å². The third-order valence-corrected chi connectivity index (χ3v) is 11.8. The number of rotatable bonds is 13. The summed E-state index contributed by atoms with van der Waals surface area (Å²) in [6, 6.07) is 28.8. The number of carbonyl (C=O) groups is 1. The first-order valence-electron chi connectivity index (χ1n) is 17.6. The van der Waals surface area contributed by atoms with Gasteiger partial charge in [0.15, 0.2) is 10.7 Å². The molecule has 49 heavy (non-hydrogen) atoms. The molecule has 2 saturated heterocycles. The van der Waals surface area contributed by atoms with Crippen LogP contribution >= 0.6 is 11.8 Å². The minimum absolute atomic E-state index is 0.134. The molecule has 0 aromatic heterocycles. The third kappa shape index (κ3) is 7.30. The fourth-order valence-electron chi connectivity index (χ4n) is 7.69. The van der Waals surface area contributed by atoms with Crippen molar-refractivity contribution in [2.24, 2.45) is 0 Å². The maximum absolute atomic E-state index is 13.7. The molecule has 0 radical (unpaired) electrons. The zero-order valence-corrected chi connectivity index (χ0v) is 29.0. The van der Waals surface area contributed by atoms with Gasteiger partial charge >= 0.3 is 0 Å². The molecule has 0 bridgehead atoms. The first-order valence-corrected chi connectivity index (χ1v) is 18.4. The Labute approximate surface area is 293 Å². The molecular weight excluding hydrogens is 633 g/mol. The molecule has 4 aromatic carbocycles. The van der Waals surface area contributed by atoms with E-state index in [0.717, 1.165) is 66.6 Å². The van der Waals surface area contributed by atoms with Gasteiger partial charge in [-0.15, -0.1) is 0 Å². The number of ether oxygens (including phenoxy) is 2. The normalized spacial score (nSPS) is 21.6. The highest BCUT2D eigenvalue weighted by Gasteiger charge is 2.50. The molecule has 8 heteroatoms. The highest BCUT2D eigenvalue weighted by molar-refractivity contribution is 8.00. The van der Waals surface area contributed by atoms with E-state index >= 15 is 0 Å². The van der Waals surface area contributed by atoms with E-state index in [0.29, 0.717) is 24.2 Å². The first kappa shape index (κ1) is 33.8. The van der Waals surface area contributed by atoms with Crippen molar-refractivity contribution in [3.05, 3.63) is 124 Å². The van der Waals surface area contributed by atoms with E-state index in [4.69, 9.17) is 9.47 Å². The van der Waals surface area contributed by atoms with Gasteiger partial charge in [-0.1, -0.05) is 78.5 Å². The summed E-state index contributed by atoms with van der Waals surface area (Å²) in [5, 5.41) is 21.7. The van der Waals surface area contributed by atoms with Crippen LogP contribution in [0.25, 0.3) is 0 Å². The summed E-state index contributed by atoms with van der Waals surface area (Å²) in [6.07, 6.45) is 4.29. The number of hydrogen-bond acceptors (Lipinski definition) is 8. The van der Waals surface area contributed by atoms with Crippen molar-refractivity contribution in [1.29, 1.82) is 0 Å². The Hall–Kier alpha value is -3.66. The molecule has 3 heterocycles. The smallest absolute Gasteiger partial charge is 0.195 e. The van der Waals surface area contributed by atoms with E-state index in [-0.39, 0.29) is 17.5 Å². The van der Waals surface area contributed by atoms with Gasteiger partial charge in [0, 0.05) is 35.0 Å². The predicted molar refractivity (Wildman–Crippen MR) is 193 cm³/mol. The molecule has 0 spiro atoms. The number of hydrogen-bond donors (Lipinski definition) is 2. The number of aliphatic hydroxyl groups is 1. The molecule has 7 rings (SSSR count). The molecular formula is C41H46N2O5S. The number of phenolic OH excluding ortho intramolecular Hbond substituents is 1. The Balaban J connectivity index is 1.26. The van der Waals surface area contributed by atoms with Crippen LogP contribution in [-0.2, 0) is 22.6 Å². The summed E-state index contributed by atoms with van der Waals surface area (Å²) < 4.78 is 13.1. The number of phenols is 1. The Morgan fingerprint density at radius 1 is 0.898 bits per heavy atom. The maximum Gasteiger partial charge on any atom is 0.195 e. The Morgan fingerprint density at radius 3 is 2.41 bits per heavy atom. The van der Waals surface area contributed by atoms with Gasteiger partial charge in [-0.25, -0.2) is 0 Å². The van der Waals surface area contributed by atoms with Gasteiger partial charge in [-0.2, -0.15) is 0 Å². The van der Waals surface area contributed by atoms with Crippen LogP contribution < -0.4 is 4.74 Å². The van der Waals surface area contributed by atoms with Crippen LogP contribution in [0.4, 0.5) is 0 Å². The minimum atomic E-state index is -1.27. The van der Waals surface area contributed by atoms with Crippen LogP contribution in [0.1, 0.15) is 75.9 Å². The number of thioether (sulfide) groups is 1. The monoisotopic (exact) mass is 678 g/mol. The highest BCUT2D eigenvalue weighted by atomic mass is 32.2. The van der Waals surface area contributed by atoms with Gasteiger partial charge in [-0.05, 0) is 105 Å². The van der Waals surface area contributed by atoms with Gasteiger partial charge in [0.2, 0.25) is 0 Å². The number of Topliss-reactive ketones (excluding diaryl/α,β-unsaturated/α-hetero) is 1. The Bertz CT molecular complexity index is 1750. The van der Waals surface area contributed by atoms with Gasteiger partial charge in [0.25, 0.3) is 0 Å². The Kier molecular flexibility index (Phi) is 10.4. The number of fused-ring (bicyclic) bond motifs is 1. The minimum Gasteiger partial charge on any atom is -0.508 e. The van der Waals surface area contributed by atoms with Crippen molar-refractivity contribution in [3.8, 4) is 11.5 Å². The van der Waals surface area contributed by atoms with Crippen molar-refractivity contribution < 1.29 is 24.5 Å². The lowest BCUT2D eigenvalue weighted by Gasteiger charge is -2.36. The van der Waals surface area contributed by atoms with Crippen molar-refractivity contribution >= 4 is 17.5 Å². The lowest BCUT2D eigenvalue weighted by atomic mass is 9.83. The van der Waals surface area contributed by atoms with Crippen molar-refractivity contribution in [1.82, 2.24) is 9.80 Å². The summed E-state index contributed by atoms with van der Waals surface area (Å²) >= 11 is 1.61. The summed E-state index contributed by atoms with van der Waals surface area (Å²) in [7, 11) is 1.74. The average Bonchev–Trinajstić information content (AvgIpc) is 3.91. The summed E-state index contributed by atoms with van der Waals surface area (Å²) in [5.74, 6) is 0.614. The standard InChI is InChI=1S/C41H46N2O5S/c1-47-37-25-29(14-15-32(37)28-43-20-7-8-21-43)24-36-35-17-16-34(44)27-38(35)49-41(36,48-23-22-42-18-5-6-19-42)33-13-9-12-31(26-33)40(46)39(45)30-10-3-2-4-11-30/h2-4,9-17,25-27,36,39,44-45H,5-8,18-24,28H2,1H3. The third-order valence-electron chi connectivity index (χ3n) is 10.3. The van der Waals surface area contributed by atoms with E-state index in [1.807, 2.05) is 48.5 Å². The van der Waals surface area contributed by atoms with E-state index in [2.05, 4.69) is 28.0 Å². The van der Waals surface area contributed by atoms with Crippen LogP contribution in [0.15, 0.2) is 95.9 Å². The number of likely N-dealkylation sites (tertiary alicyclic amines) is 2. The van der Waals surface area contributed by atoms with Crippen molar-refractivity contribution in [2.75, 3.05) is 46.4 Å². The molecule has 3 atom stereocenters. The fourth-order valence-corrected chi connectivity index (χ4v) is 9.26. The van der Waals surface area contributed by atoms with Gasteiger partial charge in [-0.3, -0.25) is 9.69 Å². The quantitative estimate of drug-likeness (QED) is 0.143. The van der Waals surface area contributed by atoms with E-state index in [1.54, 1.807) is 43.1 Å². The van der Waals surface area contributed by atoms with Crippen LogP contribution in [0.3, 0.4) is 0 Å². The first-order chi connectivity index (χ1) is 23.9. The summed E-state index contributed by atoms with van der Waals surface area (Å²) in [5.41, 5.74) is 5.28. The van der Waals surface area contributed by atoms with Gasteiger partial charge in [0.05, 0.1) is 13.7 Å². The number of aromatic hydroxyl groups is 1. The summed E-state index contributed by atoms with van der Waals surface area (Å²) in [6.45, 7) is 6.61. The molecule has 2 fully saturated rings. The molecule has 256 valence electrons. The Morgan fingerprint density at radius 2 is 1.65 bits per heavy atom. The van der Waals surface area contributed by atoms with Crippen LogP contribution in [0.2, 0.25) is 0 Å². The molecule has 0 saturated carbocycles. The lowest BCUT2D eigenvalue weighted by Crippen LogP contribution is -2.35. The number of nitrogens with zero attached hydrogens (tertiary/aromatic N) is 2. The molecule has 4 aromatic rings. The second-order valence-corrected chi connectivity index (χ2v) is 14.8. The maximum atomic E-state index is 13.7. The molecule has 3 unspecified atom stereocenters. The molecule has 0 aliphatic carbocycles. The number of ketones is 1. The molecule has 3 aliphatic heterocycles. The van der Waals surface area contributed by atoms with Gasteiger partial charge in [0.1, 0.15) is 17.6 Å². The fraction of sp³-hybridized carbons (Fsp3) is 0.390. The van der Waals surface area contributed by atoms with Crippen LogP contribution in [-0.4, -0.2) is 72.2 Å². The number of benzene rings is 4. The summed E-state index contributed by atoms with van der Waals surface area (Å²) in [4.78, 5) is 18.7. The molecule has 7 nitrogen and oxygen atoms in total. The van der Waals surface area contributed by atoms with E-state index in [9.17, 15) is 15.0 Å². The highest BCUT2D eigenvalue weighted by Crippen LogP contribution is 2.61. The molecule has 3 aliphatic rings. The van der Waals surface area contributed by atoms with Crippen molar-refractivity contribution in [3.63, 3.8) is 0 Å². The van der Waals surface area contributed by atoms with E-state index in [1.165, 1.54) is 31.2 Å². The average molecular weight is 679 g/mol. The zero-order valence-electron chi connectivity index (χ0n) is 28.2. The topological polar surface area (TPSA) is 82.5 Å². The van der Waals surface area contributed by atoms with Crippen LogP contribution in [0.5, 0.6) is 11.5 Å². The number of carbonyl (C=O) groups excluding carboxylic acids is 1. The largest absolute Gasteiger partial charge is 0.508 e. The second kappa shape index (κ2) is 15.1. The SMILES string of the molecule is COc1cc(CC2c3ccc(O)cc3SC2(OCCN2CCCC2)c2cccc(C(=O)C(O)c3ccccc3)c2)ccc1CN1CCCC1. The zero-order chi connectivity index (χ0) is 33.8. The van der Waals surface area contributed by atoms with Gasteiger partial charge < -0.3 is 24.6 Å². The predicted octanol–water partition coefficient (Wildman–Crippen LogP) is 7.31. The number of aliphatic hydroxyl groups excluding tert-OH is 1. The van der Waals surface area contributed by atoms with E-state index < -0.39 is 11.0 Å². The second-order valence-electron chi connectivity index (χ2n) is 13.5. The lowest BCUT2D eigenvalue weighted by molar-refractivity contribution is -0.00342. The molecule has 0 amide bonds. The van der Waals surface area contributed by atoms with Crippen molar-refractivity contribution in [2.45, 2.75) is 60.5 Å². The number of methoxy groups -OCH3 is 1. The molecule has 2 N–H and O–H groups in total.